The van der Waals surface area contributed by atoms with Crippen molar-refractivity contribution in [3.63, 3.8) is 0 Å². The number of aromatic nitrogens is 2. The topological polar surface area (TPSA) is 41.1 Å². The fraction of sp³-hybridized carbons (Fsp3) is 0.765. The Morgan fingerprint density at radius 2 is 1.90 bits per heavy atom. The molecule has 0 bridgehead atoms. The maximum Gasteiger partial charge on any atom is 0.131 e. The fourth-order valence-corrected chi connectivity index (χ4v) is 2.40. The molecule has 0 spiro atoms. The molecule has 1 rings (SSSR count). The van der Waals surface area contributed by atoms with Crippen molar-refractivity contribution in [1.82, 2.24) is 15.3 Å². The van der Waals surface area contributed by atoms with Gasteiger partial charge in [0.15, 0.2) is 0 Å². The molecule has 21 heavy (non-hydrogen) atoms. The van der Waals surface area contributed by atoms with Crippen LogP contribution >= 0.6 is 0 Å². The van der Waals surface area contributed by atoms with Crippen LogP contribution in [0.3, 0.4) is 0 Å². The zero-order valence-corrected chi connectivity index (χ0v) is 14.6. The molecule has 1 N–H and O–H groups in total. The van der Waals surface area contributed by atoms with E-state index >= 15 is 0 Å². The second kappa shape index (κ2) is 8.98. The van der Waals surface area contributed by atoms with Crippen LogP contribution < -0.4 is 10.2 Å². The number of nitrogens with zero attached hydrogens (tertiary/aromatic N) is 3. The molecule has 0 amide bonds. The maximum atomic E-state index is 4.81. The molecule has 1 aromatic rings. The Bertz CT molecular complexity index is 417. The van der Waals surface area contributed by atoms with Crippen LogP contribution in [0.1, 0.15) is 71.8 Å². The molecule has 4 heteroatoms. The van der Waals surface area contributed by atoms with Crippen LogP contribution in [0.25, 0.3) is 0 Å². The first kappa shape index (κ1) is 17.9. The second-order valence-corrected chi connectivity index (χ2v) is 5.93. The third kappa shape index (κ3) is 4.95. The SMILES string of the molecule is CCCNCc1nc(C(C)C)ncc1N(CC)C(C)CC. The van der Waals surface area contributed by atoms with E-state index in [0.717, 1.165) is 44.0 Å². The van der Waals surface area contributed by atoms with Crippen LogP contribution in [0, 0.1) is 0 Å². The Morgan fingerprint density at radius 3 is 2.43 bits per heavy atom. The Labute approximate surface area is 130 Å². The van der Waals surface area contributed by atoms with Crippen molar-refractivity contribution in [3.8, 4) is 0 Å². The van der Waals surface area contributed by atoms with Gasteiger partial charge in [-0.1, -0.05) is 27.7 Å². The van der Waals surface area contributed by atoms with Gasteiger partial charge in [-0.3, -0.25) is 0 Å². The molecule has 4 nitrogen and oxygen atoms in total. The summed E-state index contributed by atoms with van der Waals surface area (Å²) in [5.41, 5.74) is 2.31. The molecular weight excluding hydrogens is 260 g/mol. The van der Waals surface area contributed by atoms with E-state index in [9.17, 15) is 0 Å². The van der Waals surface area contributed by atoms with E-state index in [1.807, 2.05) is 6.20 Å². The van der Waals surface area contributed by atoms with Crippen molar-refractivity contribution < 1.29 is 0 Å². The van der Waals surface area contributed by atoms with Crippen LogP contribution in [0.15, 0.2) is 6.20 Å². The van der Waals surface area contributed by atoms with Crippen LogP contribution in [-0.4, -0.2) is 29.1 Å². The van der Waals surface area contributed by atoms with E-state index in [2.05, 4.69) is 56.7 Å². The predicted octanol–water partition coefficient (Wildman–Crippen LogP) is 3.72. The summed E-state index contributed by atoms with van der Waals surface area (Å²) in [6.45, 7) is 16.0. The van der Waals surface area contributed by atoms with E-state index in [4.69, 9.17) is 4.98 Å². The molecule has 1 unspecified atom stereocenters. The number of hydrogen-bond donors (Lipinski definition) is 1. The van der Waals surface area contributed by atoms with Gasteiger partial charge < -0.3 is 10.2 Å². The minimum absolute atomic E-state index is 0.364. The third-order valence-corrected chi connectivity index (χ3v) is 3.87. The van der Waals surface area contributed by atoms with Gasteiger partial charge in [0.25, 0.3) is 0 Å². The minimum Gasteiger partial charge on any atom is -0.366 e. The first-order chi connectivity index (χ1) is 10.0. The molecule has 0 saturated carbocycles. The highest BCUT2D eigenvalue weighted by Crippen LogP contribution is 2.23. The summed E-state index contributed by atoms with van der Waals surface area (Å²) < 4.78 is 0. The zero-order valence-electron chi connectivity index (χ0n) is 14.6. The van der Waals surface area contributed by atoms with Crippen LogP contribution in [0.2, 0.25) is 0 Å². The molecule has 0 saturated heterocycles. The van der Waals surface area contributed by atoms with Gasteiger partial charge in [0.2, 0.25) is 0 Å². The van der Waals surface area contributed by atoms with Gasteiger partial charge >= 0.3 is 0 Å². The molecule has 0 aliphatic carbocycles. The molecule has 0 aliphatic rings. The van der Waals surface area contributed by atoms with Gasteiger partial charge in [0.1, 0.15) is 5.82 Å². The summed E-state index contributed by atoms with van der Waals surface area (Å²) in [4.78, 5) is 11.8. The van der Waals surface area contributed by atoms with Crippen molar-refractivity contribution >= 4 is 5.69 Å². The van der Waals surface area contributed by atoms with Crippen molar-refractivity contribution in [2.24, 2.45) is 0 Å². The van der Waals surface area contributed by atoms with Crippen LogP contribution in [0.5, 0.6) is 0 Å². The van der Waals surface area contributed by atoms with E-state index < -0.39 is 0 Å². The average Bonchev–Trinajstić information content (AvgIpc) is 2.48. The first-order valence-electron chi connectivity index (χ1n) is 8.38. The lowest BCUT2D eigenvalue weighted by Gasteiger charge is -2.31. The van der Waals surface area contributed by atoms with Gasteiger partial charge in [-0.15, -0.1) is 0 Å². The molecule has 1 atom stereocenters. The summed E-state index contributed by atoms with van der Waals surface area (Å²) in [6, 6.07) is 0.508. The molecule has 1 aromatic heterocycles. The summed E-state index contributed by atoms with van der Waals surface area (Å²) in [7, 11) is 0. The highest BCUT2D eigenvalue weighted by atomic mass is 15.2. The Balaban J connectivity index is 3.09. The van der Waals surface area contributed by atoms with Gasteiger partial charge in [-0.2, -0.15) is 0 Å². The van der Waals surface area contributed by atoms with Crippen molar-refractivity contribution in [2.45, 2.75) is 72.9 Å². The highest BCUT2D eigenvalue weighted by Gasteiger charge is 2.17. The lowest BCUT2D eigenvalue weighted by Crippen LogP contribution is -2.34. The normalized spacial score (nSPS) is 12.7. The van der Waals surface area contributed by atoms with Gasteiger partial charge in [-0.25, -0.2) is 9.97 Å². The van der Waals surface area contributed by atoms with Gasteiger partial charge in [0.05, 0.1) is 17.6 Å². The van der Waals surface area contributed by atoms with Gasteiger partial charge in [0, 0.05) is 25.0 Å². The fourth-order valence-electron chi connectivity index (χ4n) is 2.40. The number of rotatable bonds is 9. The first-order valence-corrected chi connectivity index (χ1v) is 8.38. The number of hydrogen-bond acceptors (Lipinski definition) is 4. The lowest BCUT2D eigenvalue weighted by atomic mass is 10.1. The highest BCUT2D eigenvalue weighted by molar-refractivity contribution is 5.50. The predicted molar refractivity (Wildman–Crippen MR) is 90.9 cm³/mol. The summed E-state index contributed by atoms with van der Waals surface area (Å²) in [5.74, 6) is 1.30. The average molecular weight is 292 g/mol. The summed E-state index contributed by atoms with van der Waals surface area (Å²) >= 11 is 0. The number of nitrogens with one attached hydrogen (secondary N) is 1. The van der Waals surface area contributed by atoms with Crippen molar-refractivity contribution in [1.29, 1.82) is 0 Å². The van der Waals surface area contributed by atoms with Crippen molar-refractivity contribution in [2.75, 3.05) is 18.0 Å². The number of anilines is 1. The van der Waals surface area contributed by atoms with E-state index in [1.54, 1.807) is 0 Å². The van der Waals surface area contributed by atoms with E-state index in [0.29, 0.717) is 12.0 Å². The lowest BCUT2D eigenvalue weighted by molar-refractivity contribution is 0.608. The Morgan fingerprint density at radius 1 is 1.19 bits per heavy atom. The Hall–Kier alpha value is -1.16. The van der Waals surface area contributed by atoms with Crippen LogP contribution in [0.4, 0.5) is 5.69 Å². The molecular formula is C17H32N4. The summed E-state index contributed by atoms with van der Waals surface area (Å²) in [5, 5.41) is 3.48. The minimum atomic E-state index is 0.364. The van der Waals surface area contributed by atoms with Crippen molar-refractivity contribution in [3.05, 3.63) is 17.7 Å². The van der Waals surface area contributed by atoms with E-state index in [1.165, 1.54) is 5.69 Å². The monoisotopic (exact) mass is 292 g/mol. The van der Waals surface area contributed by atoms with E-state index in [-0.39, 0.29) is 0 Å². The molecule has 0 aromatic carbocycles. The maximum absolute atomic E-state index is 4.81. The quantitative estimate of drug-likeness (QED) is 0.704. The van der Waals surface area contributed by atoms with Crippen LogP contribution in [-0.2, 0) is 6.54 Å². The second-order valence-electron chi connectivity index (χ2n) is 5.93. The summed E-state index contributed by atoms with van der Waals surface area (Å²) in [6.07, 6.45) is 4.28. The Kier molecular flexibility index (Phi) is 7.65. The molecule has 0 fully saturated rings. The third-order valence-electron chi connectivity index (χ3n) is 3.87. The zero-order chi connectivity index (χ0) is 15.8. The van der Waals surface area contributed by atoms with Gasteiger partial charge in [-0.05, 0) is 33.2 Å². The molecule has 120 valence electrons. The molecule has 1 heterocycles. The molecule has 0 radical (unpaired) electrons. The molecule has 0 aliphatic heterocycles. The smallest absolute Gasteiger partial charge is 0.131 e. The largest absolute Gasteiger partial charge is 0.366 e. The standard InChI is InChI=1S/C17H32N4/c1-7-10-18-11-15-16(21(9-3)14(6)8-2)12-19-17(20-15)13(4)5/h12-14,18H,7-11H2,1-6H3.